The van der Waals surface area contributed by atoms with Crippen LogP contribution in [0.5, 0.6) is 0 Å². The quantitative estimate of drug-likeness (QED) is 0.701. The van der Waals surface area contributed by atoms with Gasteiger partial charge >= 0.3 is 0 Å². The van der Waals surface area contributed by atoms with Crippen LogP contribution in [0.25, 0.3) is 11.2 Å². The highest BCUT2D eigenvalue weighted by molar-refractivity contribution is 5.90. The highest BCUT2D eigenvalue weighted by Gasteiger charge is 2.26. The number of nitrogens with zero attached hydrogens (tertiary/aromatic N) is 6. The summed E-state index contributed by atoms with van der Waals surface area (Å²) in [7, 11) is 0. The molecule has 8 nitrogen and oxygen atoms in total. The molecule has 1 aliphatic rings. The molecule has 0 saturated carbocycles. The molecule has 0 bridgehead atoms. The van der Waals surface area contributed by atoms with Crippen LogP contribution in [0.3, 0.4) is 0 Å². The van der Waals surface area contributed by atoms with Crippen molar-refractivity contribution in [1.82, 2.24) is 24.8 Å². The molecule has 0 N–H and O–H groups in total. The third-order valence-corrected chi connectivity index (χ3v) is 3.98. The van der Waals surface area contributed by atoms with Crippen LogP contribution in [0.2, 0.25) is 0 Å². The Morgan fingerprint density at radius 1 is 1.08 bits per heavy atom. The van der Waals surface area contributed by atoms with E-state index in [1.807, 2.05) is 24.0 Å². The Morgan fingerprint density at radius 3 is 2.58 bits per heavy atom. The number of rotatable bonds is 2. The zero-order valence-corrected chi connectivity index (χ0v) is 13.2. The summed E-state index contributed by atoms with van der Waals surface area (Å²) in [4.78, 5) is 33.0. The van der Waals surface area contributed by atoms with Gasteiger partial charge in [-0.3, -0.25) is 4.79 Å². The first-order chi connectivity index (χ1) is 11.7. The van der Waals surface area contributed by atoms with Crippen LogP contribution < -0.4 is 4.90 Å². The summed E-state index contributed by atoms with van der Waals surface area (Å²) < 4.78 is 5.77. The molecule has 0 spiro atoms. The lowest BCUT2D eigenvalue weighted by Gasteiger charge is -2.33. The maximum absolute atomic E-state index is 12.4. The third-order valence-electron chi connectivity index (χ3n) is 3.98. The Balaban J connectivity index is 1.46. The lowest BCUT2D eigenvalue weighted by molar-refractivity contribution is 0.0732. The van der Waals surface area contributed by atoms with Crippen LogP contribution in [0.1, 0.15) is 16.3 Å². The molecule has 0 atom stereocenters. The number of hydrogen-bond donors (Lipinski definition) is 0. The van der Waals surface area contributed by atoms with E-state index in [1.165, 1.54) is 0 Å². The average Bonchev–Trinajstić information content (AvgIpc) is 3.05. The number of hydrogen-bond acceptors (Lipinski definition) is 7. The van der Waals surface area contributed by atoms with Gasteiger partial charge in [-0.1, -0.05) is 0 Å². The van der Waals surface area contributed by atoms with Gasteiger partial charge in [0.1, 0.15) is 0 Å². The molecule has 0 unspecified atom stereocenters. The topological polar surface area (TPSA) is 88.3 Å². The maximum atomic E-state index is 12.4. The lowest BCUT2D eigenvalue weighted by atomic mass is 10.3. The second kappa shape index (κ2) is 5.88. The number of carbonyl (C=O) groups is 1. The van der Waals surface area contributed by atoms with Crippen molar-refractivity contribution >= 4 is 23.2 Å². The molecule has 1 saturated heterocycles. The molecule has 4 rings (SSSR count). The van der Waals surface area contributed by atoms with Crippen LogP contribution in [-0.2, 0) is 0 Å². The van der Waals surface area contributed by atoms with Gasteiger partial charge in [0, 0.05) is 44.3 Å². The number of amides is 1. The minimum Gasteiger partial charge on any atom is -0.422 e. The minimum absolute atomic E-state index is 0.148. The lowest BCUT2D eigenvalue weighted by Crippen LogP contribution is -2.49. The van der Waals surface area contributed by atoms with Gasteiger partial charge in [0.15, 0.2) is 5.58 Å². The Hall–Kier alpha value is -3.03. The van der Waals surface area contributed by atoms with E-state index < -0.39 is 0 Å². The molecule has 122 valence electrons. The van der Waals surface area contributed by atoms with E-state index in [4.69, 9.17) is 4.42 Å². The smallest absolute Gasteiger partial charge is 0.300 e. The number of anilines is 1. The van der Waals surface area contributed by atoms with Gasteiger partial charge in [-0.15, -0.1) is 0 Å². The van der Waals surface area contributed by atoms with Crippen molar-refractivity contribution < 1.29 is 9.21 Å². The van der Waals surface area contributed by atoms with Crippen molar-refractivity contribution in [3.63, 3.8) is 0 Å². The molecule has 3 aromatic rings. The number of carbonyl (C=O) groups excluding carboxylic acids is 1. The molecular formula is C16H16N6O2. The van der Waals surface area contributed by atoms with Crippen molar-refractivity contribution in [2.45, 2.75) is 6.92 Å². The second-order valence-electron chi connectivity index (χ2n) is 5.62. The van der Waals surface area contributed by atoms with Crippen molar-refractivity contribution in [2.24, 2.45) is 0 Å². The van der Waals surface area contributed by atoms with Crippen molar-refractivity contribution in [3.8, 4) is 0 Å². The Morgan fingerprint density at radius 2 is 1.83 bits per heavy atom. The summed E-state index contributed by atoms with van der Waals surface area (Å²) in [6, 6.07) is 6.01. The van der Waals surface area contributed by atoms with E-state index in [0.29, 0.717) is 43.4 Å². The van der Waals surface area contributed by atoms with Crippen LogP contribution >= 0.6 is 0 Å². The predicted octanol–water partition coefficient (Wildman–Crippen LogP) is 1.28. The Kier molecular flexibility index (Phi) is 3.56. The molecule has 8 heteroatoms. The zero-order chi connectivity index (χ0) is 16.5. The molecule has 0 aromatic carbocycles. The first-order valence-electron chi connectivity index (χ1n) is 7.76. The molecule has 0 aliphatic carbocycles. The zero-order valence-electron chi connectivity index (χ0n) is 13.2. The number of piperazine rings is 1. The maximum Gasteiger partial charge on any atom is 0.300 e. The second-order valence-corrected chi connectivity index (χ2v) is 5.62. The van der Waals surface area contributed by atoms with Crippen molar-refractivity contribution in [2.75, 3.05) is 31.1 Å². The summed E-state index contributed by atoms with van der Waals surface area (Å²) in [6.07, 6.45) is 3.15. The van der Waals surface area contributed by atoms with Gasteiger partial charge in [-0.2, -0.15) is 4.98 Å². The van der Waals surface area contributed by atoms with Gasteiger partial charge in [0.2, 0.25) is 11.5 Å². The van der Waals surface area contributed by atoms with Gasteiger partial charge in [-0.25, -0.2) is 15.0 Å². The normalized spacial score (nSPS) is 15.0. The summed E-state index contributed by atoms with van der Waals surface area (Å²) in [6.45, 7) is 4.35. The summed E-state index contributed by atoms with van der Waals surface area (Å²) >= 11 is 0. The summed E-state index contributed by atoms with van der Waals surface area (Å²) in [5.41, 5.74) is 2.19. The Bertz CT molecular complexity index is 871. The average molecular weight is 324 g/mol. The molecule has 24 heavy (non-hydrogen) atoms. The highest BCUT2D eigenvalue weighted by Crippen LogP contribution is 2.22. The molecule has 1 amide bonds. The van der Waals surface area contributed by atoms with E-state index in [1.54, 1.807) is 23.4 Å². The van der Waals surface area contributed by atoms with Crippen molar-refractivity contribution in [1.29, 1.82) is 0 Å². The summed E-state index contributed by atoms with van der Waals surface area (Å²) in [5.74, 6) is 0.0811. The van der Waals surface area contributed by atoms with E-state index in [0.717, 1.165) is 5.69 Å². The van der Waals surface area contributed by atoms with Gasteiger partial charge < -0.3 is 14.2 Å². The third kappa shape index (κ3) is 2.66. The largest absolute Gasteiger partial charge is 0.422 e. The van der Waals surface area contributed by atoms with E-state index in [-0.39, 0.29) is 11.7 Å². The highest BCUT2D eigenvalue weighted by atomic mass is 16.4. The number of pyridine rings is 1. The number of fused-ring (bicyclic) bond motifs is 1. The molecule has 1 fully saturated rings. The van der Waals surface area contributed by atoms with Gasteiger partial charge in [0.05, 0.1) is 0 Å². The predicted molar refractivity (Wildman–Crippen MR) is 86.7 cm³/mol. The Labute approximate surface area is 138 Å². The van der Waals surface area contributed by atoms with Crippen LogP contribution in [0.4, 0.5) is 6.01 Å². The minimum atomic E-state index is -0.148. The molecule has 3 aromatic heterocycles. The number of aryl methyl sites for hydroxylation is 1. The standard InChI is InChI=1S/C16H16N6O2/c1-11-3-4-12-13(19-11)20-16(24-12)22-9-7-21(8-10-22)15(23)14-17-5-2-6-18-14/h2-6H,7-10H2,1H3. The summed E-state index contributed by atoms with van der Waals surface area (Å²) in [5, 5.41) is 0. The van der Waals surface area contributed by atoms with E-state index >= 15 is 0 Å². The fourth-order valence-electron chi connectivity index (χ4n) is 2.69. The molecule has 4 heterocycles. The number of aromatic nitrogens is 4. The van der Waals surface area contributed by atoms with Crippen molar-refractivity contribution in [3.05, 3.63) is 42.1 Å². The number of oxazole rings is 1. The molecule has 0 radical (unpaired) electrons. The fraction of sp³-hybridized carbons (Fsp3) is 0.312. The SMILES string of the molecule is Cc1ccc2oc(N3CCN(C(=O)c4ncccn4)CC3)nc2n1. The molecule has 1 aliphatic heterocycles. The van der Waals surface area contributed by atoms with E-state index in [2.05, 4.69) is 19.9 Å². The monoisotopic (exact) mass is 324 g/mol. The fourth-order valence-corrected chi connectivity index (χ4v) is 2.69. The van der Waals surface area contributed by atoms with Crippen LogP contribution in [-0.4, -0.2) is 56.9 Å². The molecular weight excluding hydrogens is 308 g/mol. The first-order valence-corrected chi connectivity index (χ1v) is 7.76. The van der Waals surface area contributed by atoms with E-state index in [9.17, 15) is 4.79 Å². The van der Waals surface area contributed by atoms with Crippen LogP contribution in [0, 0.1) is 6.92 Å². The van der Waals surface area contributed by atoms with Gasteiger partial charge in [-0.05, 0) is 25.1 Å². The van der Waals surface area contributed by atoms with Crippen LogP contribution in [0.15, 0.2) is 35.0 Å². The first kappa shape index (κ1) is 14.6. The van der Waals surface area contributed by atoms with Gasteiger partial charge in [0.25, 0.3) is 11.9 Å².